The second-order valence-electron chi connectivity index (χ2n) is 8.56. The summed E-state index contributed by atoms with van der Waals surface area (Å²) in [5, 5.41) is 0. The summed E-state index contributed by atoms with van der Waals surface area (Å²) >= 11 is 0. The smallest absolute Gasteiger partial charge is 0.0828 e. The lowest BCUT2D eigenvalue weighted by atomic mass is 9.97. The fourth-order valence-electron chi connectivity index (χ4n) is 5.11. The zero-order valence-corrected chi connectivity index (χ0v) is 17.3. The van der Waals surface area contributed by atoms with Crippen LogP contribution in [0.5, 0.6) is 0 Å². The summed E-state index contributed by atoms with van der Waals surface area (Å²) in [4.78, 5) is 2.66. The van der Waals surface area contributed by atoms with Gasteiger partial charge in [0.15, 0.2) is 0 Å². The van der Waals surface area contributed by atoms with Crippen molar-refractivity contribution in [1.29, 1.82) is 0 Å². The molecule has 2 unspecified atom stereocenters. The van der Waals surface area contributed by atoms with Crippen molar-refractivity contribution in [2.75, 3.05) is 6.54 Å². The van der Waals surface area contributed by atoms with Gasteiger partial charge in [-0.05, 0) is 37.7 Å². The summed E-state index contributed by atoms with van der Waals surface area (Å²) in [7, 11) is 0. The summed E-state index contributed by atoms with van der Waals surface area (Å²) in [6.07, 6.45) is 17.1. The van der Waals surface area contributed by atoms with Crippen molar-refractivity contribution in [2.45, 2.75) is 102 Å². The first kappa shape index (κ1) is 20.6. The van der Waals surface area contributed by atoms with Crippen LogP contribution in [0.3, 0.4) is 0 Å². The van der Waals surface area contributed by atoms with Gasteiger partial charge in [0.2, 0.25) is 0 Å². The molecule has 0 spiro atoms. The van der Waals surface area contributed by atoms with Crippen molar-refractivity contribution in [3.05, 3.63) is 48.6 Å². The Morgan fingerprint density at radius 2 is 1.70 bits per heavy atom. The van der Waals surface area contributed by atoms with Crippen LogP contribution in [0.1, 0.15) is 89.2 Å². The molecule has 2 saturated heterocycles. The number of piperidine rings is 1. The predicted octanol–water partition coefficient (Wildman–Crippen LogP) is 6.68. The number of ether oxygens (including phenoxy) is 1. The fourth-order valence-corrected chi connectivity index (χ4v) is 5.11. The molecule has 27 heavy (non-hydrogen) atoms. The quantitative estimate of drug-likeness (QED) is 0.301. The minimum absolute atomic E-state index is 0.271. The maximum Gasteiger partial charge on any atom is 0.0828 e. The average Bonchev–Trinajstić information content (AvgIpc) is 2.93. The van der Waals surface area contributed by atoms with Gasteiger partial charge in [-0.15, -0.1) is 6.58 Å². The molecule has 2 fully saturated rings. The SMILES string of the molecule is C=CCN1[C@@H]2CC[C@H]1CC(OC(CCCCCCCC)c1ccccc1)C2. The van der Waals surface area contributed by atoms with Gasteiger partial charge in [0.25, 0.3) is 0 Å². The number of fused-ring (bicyclic) bond motifs is 2. The zero-order valence-electron chi connectivity index (χ0n) is 17.3. The van der Waals surface area contributed by atoms with Gasteiger partial charge < -0.3 is 4.74 Å². The van der Waals surface area contributed by atoms with E-state index in [2.05, 4.69) is 54.8 Å². The Hall–Kier alpha value is -1.12. The molecule has 1 aromatic rings. The molecule has 4 atom stereocenters. The van der Waals surface area contributed by atoms with E-state index in [4.69, 9.17) is 4.74 Å². The molecule has 2 bridgehead atoms. The topological polar surface area (TPSA) is 12.5 Å². The van der Waals surface area contributed by atoms with E-state index in [0.29, 0.717) is 18.2 Å². The number of unbranched alkanes of at least 4 members (excludes halogenated alkanes) is 5. The monoisotopic (exact) mass is 369 g/mol. The molecule has 2 heteroatoms. The van der Waals surface area contributed by atoms with Crippen LogP contribution in [-0.4, -0.2) is 29.6 Å². The maximum atomic E-state index is 6.76. The van der Waals surface area contributed by atoms with Gasteiger partial charge >= 0.3 is 0 Å². The Balaban J connectivity index is 1.53. The van der Waals surface area contributed by atoms with Crippen LogP contribution in [0.4, 0.5) is 0 Å². The number of benzene rings is 1. The van der Waals surface area contributed by atoms with Crippen LogP contribution in [0.15, 0.2) is 43.0 Å². The Bertz CT molecular complexity index is 529. The van der Waals surface area contributed by atoms with E-state index in [-0.39, 0.29) is 6.10 Å². The van der Waals surface area contributed by atoms with Crippen molar-refractivity contribution in [3.8, 4) is 0 Å². The Labute approximate surface area is 167 Å². The second kappa shape index (κ2) is 11.0. The molecule has 2 aliphatic heterocycles. The van der Waals surface area contributed by atoms with Crippen molar-refractivity contribution in [1.82, 2.24) is 4.90 Å². The summed E-state index contributed by atoms with van der Waals surface area (Å²) in [6, 6.07) is 12.3. The summed E-state index contributed by atoms with van der Waals surface area (Å²) in [6.45, 7) is 7.27. The first-order chi connectivity index (χ1) is 13.3. The van der Waals surface area contributed by atoms with E-state index < -0.39 is 0 Å². The Morgan fingerprint density at radius 1 is 1.04 bits per heavy atom. The van der Waals surface area contributed by atoms with Gasteiger partial charge in [-0.1, -0.05) is 81.9 Å². The molecule has 0 aromatic heterocycles. The standard InChI is InChI=1S/C25H39NO/c1-3-5-6-7-8-12-15-25(21-13-10-9-11-14-21)27-24-19-22-16-17-23(20-24)26(22)18-4-2/h4,9-11,13-14,22-25H,2-3,5-8,12,15-20H2,1H3/t22-,23+,24?,25?. The number of hydrogen-bond donors (Lipinski definition) is 0. The minimum atomic E-state index is 0.271. The second-order valence-corrected chi connectivity index (χ2v) is 8.56. The molecular formula is C25H39NO. The highest BCUT2D eigenvalue weighted by atomic mass is 16.5. The molecule has 0 aliphatic carbocycles. The predicted molar refractivity (Wildman–Crippen MR) is 115 cm³/mol. The van der Waals surface area contributed by atoms with E-state index >= 15 is 0 Å². The van der Waals surface area contributed by atoms with E-state index in [1.807, 2.05) is 0 Å². The molecule has 2 nitrogen and oxygen atoms in total. The molecule has 2 aliphatic rings. The van der Waals surface area contributed by atoms with Crippen LogP contribution < -0.4 is 0 Å². The summed E-state index contributed by atoms with van der Waals surface area (Å²) in [5.41, 5.74) is 1.37. The van der Waals surface area contributed by atoms with Crippen molar-refractivity contribution >= 4 is 0 Å². The largest absolute Gasteiger partial charge is 0.370 e. The number of nitrogens with zero attached hydrogens (tertiary/aromatic N) is 1. The van der Waals surface area contributed by atoms with Crippen LogP contribution in [0, 0.1) is 0 Å². The van der Waals surface area contributed by atoms with Crippen molar-refractivity contribution in [2.24, 2.45) is 0 Å². The third-order valence-electron chi connectivity index (χ3n) is 6.53. The molecular weight excluding hydrogens is 330 g/mol. The highest BCUT2D eigenvalue weighted by Crippen LogP contribution is 2.39. The summed E-state index contributed by atoms with van der Waals surface area (Å²) in [5.74, 6) is 0. The van der Waals surface area contributed by atoms with E-state index in [9.17, 15) is 0 Å². The van der Waals surface area contributed by atoms with Crippen molar-refractivity contribution in [3.63, 3.8) is 0 Å². The first-order valence-electron chi connectivity index (χ1n) is 11.4. The third-order valence-corrected chi connectivity index (χ3v) is 6.53. The van der Waals surface area contributed by atoms with E-state index in [0.717, 1.165) is 6.54 Å². The highest BCUT2D eigenvalue weighted by molar-refractivity contribution is 5.17. The van der Waals surface area contributed by atoms with Gasteiger partial charge in [0.05, 0.1) is 12.2 Å². The van der Waals surface area contributed by atoms with Gasteiger partial charge in [-0.2, -0.15) is 0 Å². The average molecular weight is 370 g/mol. The molecule has 150 valence electrons. The normalized spacial score (nSPS) is 26.2. The van der Waals surface area contributed by atoms with E-state index in [1.54, 1.807) is 0 Å². The number of rotatable bonds is 12. The number of hydrogen-bond acceptors (Lipinski definition) is 2. The van der Waals surface area contributed by atoms with Crippen LogP contribution in [0.2, 0.25) is 0 Å². The van der Waals surface area contributed by atoms with Gasteiger partial charge in [-0.25, -0.2) is 0 Å². The maximum absolute atomic E-state index is 6.76. The first-order valence-corrected chi connectivity index (χ1v) is 11.4. The minimum Gasteiger partial charge on any atom is -0.370 e. The van der Waals surface area contributed by atoms with Crippen LogP contribution >= 0.6 is 0 Å². The van der Waals surface area contributed by atoms with Crippen molar-refractivity contribution < 1.29 is 4.74 Å². The van der Waals surface area contributed by atoms with Gasteiger partial charge in [0, 0.05) is 18.6 Å². The Morgan fingerprint density at radius 3 is 2.37 bits per heavy atom. The van der Waals surface area contributed by atoms with Crippen LogP contribution in [-0.2, 0) is 4.74 Å². The van der Waals surface area contributed by atoms with Crippen LogP contribution in [0.25, 0.3) is 0 Å². The fraction of sp³-hybridized carbons (Fsp3) is 0.680. The molecule has 0 radical (unpaired) electrons. The molecule has 0 N–H and O–H groups in total. The Kier molecular flexibility index (Phi) is 8.41. The van der Waals surface area contributed by atoms with Gasteiger partial charge in [-0.3, -0.25) is 4.90 Å². The lowest BCUT2D eigenvalue weighted by molar-refractivity contribution is -0.0640. The van der Waals surface area contributed by atoms with E-state index in [1.165, 1.54) is 76.2 Å². The molecule has 2 heterocycles. The molecule has 0 amide bonds. The lowest BCUT2D eigenvalue weighted by Gasteiger charge is -2.39. The molecule has 1 aromatic carbocycles. The molecule has 0 saturated carbocycles. The lowest BCUT2D eigenvalue weighted by Crippen LogP contribution is -2.45. The third kappa shape index (κ3) is 5.93. The van der Waals surface area contributed by atoms with Gasteiger partial charge in [0.1, 0.15) is 0 Å². The molecule has 3 rings (SSSR count). The highest BCUT2D eigenvalue weighted by Gasteiger charge is 2.41. The summed E-state index contributed by atoms with van der Waals surface area (Å²) < 4.78 is 6.76. The zero-order chi connectivity index (χ0) is 18.9.